The Balaban J connectivity index is 1.40. The lowest BCUT2D eigenvalue weighted by atomic mass is 9.94. The fourth-order valence-electron chi connectivity index (χ4n) is 4.32. The molecule has 4 aromatic heterocycles. The minimum absolute atomic E-state index is 0.322. The molecule has 8 nitrogen and oxygen atoms in total. The number of benzene rings is 2. The summed E-state index contributed by atoms with van der Waals surface area (Å²) in [4.78, 5) is 17.0. The van der Waals surface area contributed by atoms with E-state index in [9.17, 15) is 9.50 Å². The number of halogens is 1. The Morgan fingerprint density at radius 1 is 0.921 bits per heavy atom. The highest BCUT2D eigenvalue weighted by Crippen LogP contribution is 2.33. The normalized spacial score (nSPS) is 12.8. The molecule has 0 radical (unpaired) electrons. The average Bonchev–Trinajstić information content (AvgIpc) is 3.52. The molecule has 38 heavy (non-hydrogen) atoms. The summed E-state index contributed by atoms with van der Waals surface area (Å²) in [6.07, 6.45) is 4.44. The molecule has 4 heterocycles. The molecule has 0 saturated heterocycles. The topological polar surface area (TPSA) is 115 Å². The second-order valence-electron chi connectivity index (χ2n) is 10.4. The van der Waals surface area contributed by atoms with E-state index in [1.54, 1.807) is 24.7 Å². The van der Waals surface area contributed by atoms with Crippen LogP contribution in [0.5, 0.6) is 0 Å². The van der Waals surface area contributed by atoms with Gasteiger partial charge in [-0.15, -0.1) is 0 Å². The molecular weight excluding hydrogens is 481 g/mol. The quantitative estimate of drug-likeness (QED) is 0.208. The molecule has 0 aliphatic rings. The summed E-state index contributed by atoms with van der Waals surface area (Å²) >= 11 is 0. The number of imidazole rings is 1. The van der Waals surface area contributed by atoms with Crippen molar-refractivity contribution in [3.05, 3.63) is 79.0 Å². The molecule has 0 aliphatic carbocycles. The molecule has 6 aromatic rings. The number of nitrogens with one attached hydrogen (secondary N) is 3. The Labute approximate surface area is 218 Å². The number of nitrogens with zero attached hydrogens (tertiary/aromatic N) is 4. The van der Waals surface area contributed by atoms with E-state index in [1.165, 1.54) is 12.1 Å². The van der Waals surface area contributed by atoms with Crippen molar-refractivity contribution in [2.75, 3.05) is 5.32 Å². The Morgan fingerprint density at radius 3 is 2.61 bits per heavy atom. The molecule has 2 aromatic carbocycles. The van der Waals surface area contributed by atoms with Gasteiger partial charge in [-0.05, 0) is 42.0 Å². The highest BCUT2D eigenvalue weighted by molar-refractivity contribution is 5.97. The molecule has 0 bridgehead atoms. The van der Waals surface area contributed by atoms with Gasteiger partial charge in [0.15, 0.2) is 5.82 Å². The lowest BCUT2D eigenvalue weighted by Gasteiger charge is -2.27. The van der Waals surface area contributed by atoms with Crippen molar-refractivity contribution in [1.29, 1.82) is 0 Å². The van der Waals surface area contributed by atoms with Crippen LogP contribution >= 0.6 is 0 Å². The second-order valence-corrected chi connectivity index (χ2v) is 10.4. The number of fused-ring (bicyclic) bond motifs is 2. The van der Waals surface area contributed by atoms with Crippen LogP contribution in [0.4, 0.5) is 10.1 Å². The molecule has 0 aliphatic heterocycles. The molecule has 9 heteroatoms. The van der Waals surface area contributed by atoms with Gasteiger partial charge in [0.25, 0.3) is 0 Å². The maximum absolute atomic E-state index is 13.9. The molecule has 1 atom stereocenters. The number of pyridine rings is 2. The molecule has 6 rings (SSSR count). The van der Waals surface area contributed by atoms with E-state index in [0.717, 1.165) is 33.2 Å². The zero-order valence-corrected chi connectivity index (χ0v) is 21.1. The third-order valence-corrected chi connectivity index (χ3v) is 6.48. The van der Waals surface area contributed by atoms with Gasteiger partial charge in [-0.3, -0.25) is 15.1 Å². The summed E-state index contributed by atoms with van der Waals surface area (Å²) in [6, 6.07) is 16.1. The van der Waals surface area contributed by atoms with Crippen LogP contribution in [0.2, 0.25) is 0 Å². The number of aromatic nitrogens is 6. The molecule has 1 unspecified atom stereocenters. The van der Waals surface area contributed by atoms with Crippen molar-refractivity contribution in [3.8, 4) is 33.9 Å². The fraction of sp³-hybridized carbons (Fsp3) is 0.172. The molecule has 190 valence electrons. The Morgan fingerprint density at radius 2 is 1.79 bits per heavy atom. The third kappa shape index (κ3) is 4.37. The lowest BCUT2D eigenvalue weighted by Crippen LogP contribution is -2.33. The van der Waals surface area contributed by atoms with Gasteiger partial charge in [-0.2, -0.15) is 5.10 Å². The summed E-state index contributed by atoms with van der Waals surface area (Å²) in [5.74, 6) is 0.250. The van der Waals surface area contributed by atoms with Gasteiger partial charge in [-0.25, -0.2) is 9.37 Å². The zero-order chi connectivity index (χ0) is 26.4. The molecule has 0 spiro atoms. The average molecular weight is 508 g/mol. The van der Waals surface area contributed by atoms with Gasteiger partial charge in [0.05, 0.1) is 28.6 Å². The van der Waals surface area contributed by atoms with Crippen molar-refractivity contribution < 1.29 is 9.50 Å². The van der Waals surface area contributed by atoms with Crippen LogP contribution in [0.15, 0.2) is 73.2 Å². The van der Waals surface area contributed by atoms with E-state index >= 15 is 0 Å². The van der Waals surface area contributed by atoms with E-state index in [0.29, 0.717) is 28.3 Å². The first-order valence-corrected chi connectivity index (χ1v) is 12.3. The molecule has 4 N–H and O–H groups in total. The Bertz CT molecular complexity index is 1780. The third-order valence-electron chi connectivity index (χ3n) is 6.48. The van der Waals surface area contributed by atoms with Gasteiger partial charge in [0.1, 0.15) is 23.3 Å². The lowest BCUT2D eigenvalue weighted by molar-refractivity contribution is 0.0880. The maximum atomic E-state index is 13.9. The van der Waals surface area contributed by atoms with Gasteiger partial charge < -0.3 is 15.4 Å². The van der Waals surface area contributed by atoms with Crippen LogP contribution in [-0.2, 0) is 0 Å². The first kappa shape index (κ1) is 23.7. The number of rotatable bonds is 5. The van der Waals surface area contributed by atoms with Crippen LogP contribution < -0.4 is 5.32 Å². The number of hydrogen-bond donors (Lipinski definition) is 4. The van der Waals surface area contributed by atoms with E-state index in [1.807, 2.05) is 57.2 Å². The number of H-pyrrole nitrogens is 2. The van der Waals surface area contributed by atoms with Crippen LogP contribution in [0.3, 0.4) is 0 Å². The standard InChI is InChI=1S/C29H26FN7O/c1-29(2,3)28(38)33-20-12-18(14-31-15-20)16-7-8-22-21(13-16)25(37-36-22)27-34-23-9-10-32-24(26(23)35-27)17-5-4-6-19(30)11-17/h4-15,28,33,38H,1-3H3,(H,34,35)(H,36,37). The summed E-state index contributed by atoms with van der Waals surface area (Å²) in [5, 5.41) is 22.1. The second kappa shape index (κ2) is 9.04. The summed E-state index contributed by atoms with van der Waals surface area (Å²) in [5.41, 5.74) is 6.43. The summed E-state index contributed by atoms with van der Waals surface area (Å²) in [7, 11) is 0. The number of hydrogen-bond acceptors (Lipinski definition) is 6. The van der Waals surface area contributed by atoms with Crippen LogP contribution in [0.25, 0.3) is 55.8 Å². The minimum Gasteiger partial charge on any atom is -0.373 e. The van der Waals surface area contributed by atoms with E-state index in [-0.39, 0.29) is 11.2 Å². The van der Waals surface area contributed by atoms with Crippen LogP contribution in [0.1, 0.15) is 20.8 Å². The zero-order valence-electron chi connectivity index (χ0n) is 21.1. The maximum Gasteiger partial charge on any atom is 0.159 e. The van der Waals surface area contributed by atoms with Gasteiger partial charge in [0.2, 0.25) is 0 Å². The largest absolute Gasteiger partial charge is 0.373 e. The Hall–Kier alpha value is -4.63. The SMILES string of the molecule is CC(C)(C)C(O)Nc1cncc(-c2ccc3[nH]nc(-c4nc5c(-c6cccc(F)c6)nccc5[nH]4)c3c2)c1. The van der Waals surface area contributed by atoms with Crippen LogP contribution in [-0.4, -0.2) is 41.5 Å². The van der Waals surface area contributed by atoms with Crippen molar-refractivity contribution in [2.24, 2.45) is 5.41 Å². The molecular formula is C29H26FN7O. The van der Waals surface area contributed by atoms with Crippen molar-refractivity contribution in [1.82, 2.24) is 30.1 Å². The fourth-order valence-corrected chi connectivity index (χ4v) is 4.32. The Kier molecular flexibility index (Phi) is 5.65. The van der Waals surface area contributed by atoms with E-state index < -0.39 is 6.23 Å². The van der Waals surface area contributed by atoms with E-state index in [2.05, 4.69) is 30.5 Å². The molecule has 0 fully saturated rings. The highest BCUT2D eigenvalue weighted by Gasteiger charge is 2.22. The first-order chi connectivity index (χ1) is 18.3. The number of aliphatic hydroxyl groups is 1. The number of anilines is 1. The molecule has 0 amide bonds. The van der Waals surface area contributed by atoms with Gasteiger partial charge >= 0.3 is 0 Å². The number of aliphatic hydroxyl groups excluding tert-OH is 1. The highest BCUT2D eigenvalue weighted by atomic mass is 19.1. The van der Waals surface area contributed by atoms with Crippen molar-refractivity contribution in [2.45, 2.75) is 27.0 Å². The first-order valence-electron chi connectivity index (χ1n) is 12.3. The smallest absolute Gasteiger partial charge is 0.159 e. The number of aromatic amines is 2. The minimum atomic E-state index is -0.720. The van der Waals surface area contributed by atoms with Crippen LogP contribution in [0, 0.1) is 11.2 Å². The van der Waals surface area contributed by atoms with Gasteiger partial charge in [-0.1, -0.05) is 39.0 Å². The van der Waals surface area contributed by atoms with Crippen molar-refractivity contribution >= 4 is 27.6 Å². The van der Waals surface area contributed by atoms with Gasteiger partial charge in [0, 0.05) is 34.3 Å². The van der Waals surface area contributed by atoms with E-state index in [4.69, 9.17) is 4.98 Å². The summed E-state index contributed by atoms with van der Waals surface area (Å²) < 4.78 is 13.9. The predicted molar refractivity (Wildman–Crippen MR) is 147 cm³/mol. The monoisotopic (exact) mass is 507 g/mol. The molecule has 0 saturated carbocycles. The summed E-state index contributed by atoms with van der Waals surface area (Å²) in [6.45, 7) is 5.89. The predicted octanol–water partition coefficient (Wildman–Crippen LogP) is 6.15. The van der Waals surface area contributed by atoms with Crippen molar-refractivity contribution in [3.63, 3.8) is 0 Å².